The van der Waals surface area contributed by atoms with E-state index >= 15 is 0 Å². The molecule has 23 heavy (non-hydrogen) atoms. The maximum absolute atomic E-state index is 11.0. The molecule has 3 heterocycles. The van der Waals surface area contributed by atoms with Gasteiger partial charge in [-0.1, -0.05) is 13.3 Å². The molecule has 0 saturated heterocycles. The Morgan fingerprint density at radius 1 is 1.22 bits per heavy atom. The van der Waals surface area contributed by atoms with Gasteiger partial charge < -0.3 is 5.11 Å². The van der Waals surface area contributed by atoms with E-state index in [1.54, 1.807) is 18.6 Å². The summed E-state index contributed by atoms with van der Waals surface area (Å²) >= 11 is 0. The SMILES string of the molecule is CCCc1cc(-n2ccc(C(=O)O)n2)nc(-c2ccncc2)n1. The fourth-order valence-electron chi connectivity index (χ4n) is 2.18. The van der Waals surface area contributed by atoms with Gasteiger partial charge in [0.05, 0.1) is 0 Å². The number of hydrogen-bond donors (Lipinski definition) is 1. The predicted octanol–water partition coefficient (Wildman–Crippen LogP) is 2.38. The number of rotatable bonds is 5. The van der Waals surface area contributed by atoms with Gasteiger partial charge in [0, 0.05) is 35.9 Å². The van der Waals surface area contributed by atoms with E-state index in [4.69, 9.17) is 5.11 Å². The van der Waals surface area contributed by atoms with Gasteiger partial charge >= 0.3 is 5.97 Å². The normalized spacial score (nSPS) is 10.7. The summed E-state index contributed by atoms with van der Waals surface area (Å²) in [4.78, 5) is 24.0. The lowest BCUT2D eigenvalue weighted by molar-refractivity contribution is 0.0690. The highest BCUT2D eigenvalue weighted by molar-refractivity contribution is 5.85. The Hall–Kier alpha value is -3.09. The molecule has 3 aromatic rings. The summed E-state index contributed by atoms with van der Waals surface area (Å²) in [5, 5.41) is 13.0. The van der Waals surface area contributed by atoms with Crippen LogP contribution in [0.2, 0.25) is 0 Å². The van der Waals surface area contributed by atoms with Crippen molar-refractivity contribution in [3.8, 4) is 17.2 Å². The van der Waals surface area contributed by atoms with Gasteiger partial charge in [-0.15, -0.1) is 0 Å². The summed E-state index contributed by atoms with van der Waals surface area (Å²) in [6.45, 7) is 2.07. The molecular formula is C16H15N5O2. The molecule has 0 atom stereocenters. The maximum atomic E-state index is 11.0. The van der Waals surface area contributed by atoms with Crippen molar-refractivity contribution in [1.82, 2.24) is 24.7 Å². The third-order valence-electron chi connectivity index (χ3n) is 3.25. The molecular weight excluding hydrogens is 294 g/mol. The van der Waals surface area contributed by atoms with Gasteiger partial charge in [-0.25, -0.2) is 19.4 Å². The highest BCUT2D eigenvalue weighted by Crippen LogP contribution is 2.17. The fourth-order valence-corrected chi connectivity index (χ4v) is 2.18. The Bertz CT molecular complexity index is 829. The van der Waals surface area contributed by atoms with Crippen molar-refractivity contribution in [2.24, 2.45) is 0 Å². The van der Waals surface area contributed by atoms with E-state index in [2.05, 4.69) is 27.0 Å². The molecule has 0 spiro atoms. The third kappa shape index (κ3) is 3.23. The molecule has 116 valence electrons. The van der Waals surface area contributed by atoms with Gasteiger partial charge in [-0.3, -0.25) is 4.98 Å². The number of carbonyl (C=O) groups is 1. The molecule has 0 aliphatic carbocycles. The molecule has 0 unspecified atom stereocenters. The molecule has 0 saturated carbocycles. The van der Waals surface area contributed by atoms with Crippen LogP contribution in [0, 0.1) is 0 Å². The number of aromatic nitrogens is 5. The average Bonchev–Trinajstić information content (AvgIpc) is 3.06. The molecule has 0 amide bonds. The van der Waals surface area contributed by atoms with E-state index in [9.17, 15) is 4.79 Å². The van der Waals surface area contributed by atoms with Gasteiger partial charge in [0.15, 0.2) is 17.3 Å². The van der Waals surface area contributed by atoms with Gasteiger partial charge in [-0.05, 0) is 24.6 Å². The van der Waals surface area contributed by atoms with Crippen LogP contribution in [0.25, 0.3) is 17.2 Å². The topological polar surface area (TPSA) is 93.8 Å². The first-order valence-corrected chi connectivity index (χ1v) is 7.25. The van der Waals surface area contributed by atoms with Crippen molar-refractivity contribution in [3.63, 3.8) is 0 Å². The average molecular weight is 309 g/mol. The lowest BCUT2D eigenvalue weighted by atomic mass is 10.2. The van der Waals surface area contributed by atoms with Crippen LogP contribution in [0.15, 0.2) is 42.9 Å². The zero-order valence-electron chi connectivity index (χ0n) is 12.5. The van der Waals surface area contributed by atoms with Crippen molar-refractivity contribution >= 4 is 5.97 Å². The summed E-state index contributed by atoms with van der Waals surface area (Å²) in [5.41, 5.74) is 1.72. The van der Waals surface area contributed by atoms with Crippen molar-refractivity contribution < 1.29 is 9.90 Å². The van der Waals surface area contributed by atoms with E-state index in [1.165, 1.54) is 10.7 Å². The van der Waals surface area contributed by atoms with Gasteiger partial charge in [-0.2, -0.15) is 5.10 Å². The lowest BCUT2D eigenvalue weighted by Crippen LogP contribution is -2.06. The number of aromatic carboxylic acids is 1. The molecule has 0 fully saturated rings. The number of pyridine rings is 1. The van der Waals surface area contributed by atoms with E-state index in [-0.39, 0.29) is 5.69 Å². The summed E-state index contributed by atoms with van der Waals surface area (Å²) in [6, 6.07) is 6.93. The highest BCUT2D eigenvalue weighted by atomic mass is 16.4. The number of hydrogen-bond acceptors (Lipinski definition) is 5. The Kier molecular flexibility index (Phi) is 4.09. The zero-order chi connectivity index (χ0) is 16.2. The molecule has 0 aromatic carbocycles. The molecule has 7 heteroatoms. The smallest absolute Gasteiger partial charge is 0.356 e. The van der Waals surface area contributed by atoms with E-state index in [0.29, 0.717) is 11.6 Å². The minimum atomic E-state index is -1.07. The summed E-state index contributed by atoms with van der Waals surface area (Å²) in [7, 11) is 0. The number of aryl methyl sites for hydroxylation is 1. The second kappa shape index (κ2) is 6.35. The predicted molar refractivity (Wildman–Crippen MR) is 83.3 cm³/mol. The molecule has 0 aliphatic rings. The second-order valence-electron chi connectivity index (χ2n) is 4.98. The molecule has 0 radical (unpaired) electrons. The summed E-state index contributed by atoms with van der Waals surface area (Å²) < 4.78 is 1.45. The van der Waals surface area contributed by atoms with Crippen LogP contribution in [0.3, 0.4) is 0 Å². The van der Waals surface area contributed by atoms with Crippen molar-refractivity contribution in [1.29, 1.82) is 0 Å². The van der Waals surface area contributed by atoms with Gasteiger partial charge in [0.2, 0.25) is 0 Å². The van der Waals surface area contributed by atoms with Crippen molar-refractivity contribution in [2.75, 3.05) is 0 Å². The molecule has 3 aromatic heterocycles. The van der Waals surface area contributed by atoms with Crippen LogP contribution in [-0.4, -0.2) is 35.8 Å². The van der Waals surface area contributed by atoms with Crippen LogP contribution < -0.4 is 0 Å². The van der Waals surface area contributed by atoms with E-state index < -0.39 is 5.97 Å². The quantitative estimate of drug-likeness (QED) is 0.777. The number of nitrogens with zero attached hydrogens (tertiary/aromatic N) is 5. The Balaban J connectivity index is 2.08. The molecule has 3 rings (SSSR count). The van der Waals surface area contributed by atoms with Crippen molar-refractivity contribution in [3.05, 3.63) is 54.2 Å². The molecule has 7 nitrogen and oxygen atoms in total. The third-order valence-corrected chi connectivity index (χ3v) is 3.25. The van der Waals surface area contributed by atoms with Crippen LogP contribution in [0.1, 0.15) is 29.5 Å². The highest BCUT2D eigenvalue weighted by Gasteiger charge is 2.12. The Morgan fingerprint density at radius 3 is 2.65 bits per heavy atom. The van der Waals surface area contributed by atoms with Gasteiger partial charge in [0.1, 0.15) is 0 Å². The zero-order valence-corrected chi connectivity index (χ0v) is 12.5. The number of carboxylic acid groups (broad SMARTS) is 1. The van der Waals surface area contributed by atoms with E-state index in [0.717, 1.165) is 24.1 Å². The largest absolute Gasteiger partial charge is 0.476 e. The first kappa shape index (κ1) is 14.8. The summed E-state index contributed by atoms with van der Waals surface area (Å²) in [5.74, 6) is 0.0458. The van der Waals surface area contributed by atoms with E-state index in [1.807, 2.05) is 18.2 Å². The lowest BCUT2D eigenvalue weighted by Gasteiger charge is -2.07. The standard InChI is InChI=1S/C16H15N5O2/c1-2-3-12-10-14(21-9-6-13(20-21)16(22)23)19-15(18-12)11-4-7-17-8-5-11/h4-10H,2-3H2,1H3,(H,22,23). The minimum Gasteiger partial charge on any atom is -0.476 e. The Labute approximate surface area is 132 Å². The second-order valence-corrected chi connectivity index (χ2v) is 4.98. The number of carboxylic acids is 1. The van der Waals surface area contributed by atoms with Crippen molar-refractivity contribution in [2.45, 2.75) is 19.8 Å². The van der Waals surface area contributed by atoms with Crippen LogP contribution >= 0.6 is 0 Å². The van der Waals surface area contributed by atoms with Gasteiger partial charge in [0.25, 0.3) is 0 Å². The maximum Gasteiger partial charge on any atom is 0.356 e. The van der Waals surface area contributed by atoms with Crippen LogP contribution in [0.5, 0.6) is 0 Å². The van der Waals surface area contributed by atoms with Crippen LogP contribution in [0.4, 0.5) is 0 Å². The first-order valence-electron chi connectivity index (χ1n) is 7.25. The Morgan fingerprint density at radius 2 is 2.00 bits per heavy atom. The first-order chi connectivity index (χ1) is 11.2. The van der Waals surface area contributed by atoms with Crippen LogP contribution in [-0.2, 0) is 6.42 Å². The summed E-state index contributed by atoms with van der Waals surface area (Å²) in [6.07, 6.45) is 6.70. The molecule has 1 N–H and O–H groups in total. The fraction of sp³-hybridized carbons (Fsp3) is 0.188. The monoisotopic (exact) mass is 309 g/mol. The molecule has 0 aliphatic heterocycles. The minimum absolute atomic E-state index is 0.0221. The molecule has 0 bridgehead atoms.